The number of nitro groups is 1. The van der Waals surface area contributed by atoms with Crippen molar-refractivity contribution >= 4 is 17.6 Å². The number of nitro benzene ring substituents is 1. The molecule has 0 atom stereocenters. The van der Waals surface area contributed by atoms with Gasteiger partial charge in [-0.25, -0.2) is 4.79 Å². The van der Waals surface area contributed by atoms with E-state index in [1.54, 1.807) is 6.92 Å². The van der Waals surface area contributed by atoms with Gasteiger partial charge in [0.2, 0.25) is 0 Å². The third kappa shape index (κ3) is 5.46. The van der Waals surface area contributed by atoms with Gasteiger partial charge in [0.1, 0.15) is 0 Å². The predicted molar refractivity (Wildman–Crippen MR) is 77.7 cm³/mol. The molecule has 1 aromatic rings. The van der Waals surface area contributed by atoms with Crippen LogP contribution in [0.5, 0.6) is 11.5 Å². The molecular weight excluding hydrogens is 310 g/mol. The molecule has 0 aromatic heterocycles. The number of carboxylic acids is 1. The second kappa shape index (κ2) is 8.57. The average molecular weight is 327 g/mol. The highest BCUT2D eigenvalue weighted by Crippen LogP contribution is 2.35. The van der Waals surface area contributed by atoms with Crippen LogP contribution in [0.25, 0.3) is 0 Å². The summed E-state index contributed by atoms with van der Waals surface area (Å²) in [5.41, 5.74) is -0.0826. The van der Waals surface area contributed by atoms with E-state index in [1.807, 2.05) is 0 Å². The van der Waals surface area contributed by atoms with Crippen molar-refractivity contribution in [1.82, 2.24) is 0 Å². The van der Waals surface area contributed by atoms with Crippen LogP contribution in [0.15, 0.2) is 12.1 Å². The second-order valence-corrected chi connectivity index (χ2v) is 4.38. The lowest BCUT2D eigenvalue weighted by molar-refractivity contribution is -0.385. The van der Waals surface area contributed by atoms with Crippen LogP contribution in [0.1, 0.15) is 18.9 Å². The largest absolute Gasteiger partial charge is 0.490 e. The molecule has 9 heteroatoms. The molecule has 126 valence electrons. The standard InChI is InChI=1S/C14H17NO8/c1-3-22-11-6-9(4-5-13(16)17)10(15(19)20)7-12(11)23-8-14(18)21-2/h6-7H,3-5,8H2,1-2H3,(H,16,17). The van der Waals surface area contributed by atoms with E-state index < -0.39 is 23.5 Å². The highest BCUT2D eigenvalue weighted by Gasteiger charge is 2.21. The average Bonchev–Trinajstić information content (AvgIpc) is 2.51. The Morgan fingerprint density at radius 1 is 1.26 bits per heavy atom. The number of hydrogen-bond acceptors (Lipinski definition) is 7. The van der Waals surface area contributed by atoms with Gasteiger partial charge in [-0.1, -0.05) is 0 Å². The van der Waals surface area contributed by atoms with E-state index in [9.17, 15) is 19.7 Å². The molecule has 0 fully saturated rings. The van der Waals surface area contributed by atoms with Gasteiger partial charge in [-0.3, -0.25) is 14.9 Å². The van der Waals surface area contributed by atoms with Gasteiger partial charge in [-0.05, 0) is 19.4 Å². The number of hydrogen-bond donors (Lipinski definition) is 1. The number of nitrogens with zero attached hydrogens (tertiary/aromatic N) is 1. The van der Waals surface area contributed by atoms with Gasteiger partial charge in [-0.2, -0.15) is 0 Å². The summed E-state index contributed by atoms with van der Waals surface area (Å²) in [6.07, 6.45) is -0.280. The summed E-state index contributed by atoms with van der Waals surface area (Å²) >= 11 is 0. The van der Waals surface area contributed by atoms with E-state index in [2.05, 4.69) is 4.74 Å². The Hall–Kier alpha value is -2.84. The third-order valence-corrected chi connectivity index (χ3v) is 2.82. The molecule has 0 aliphatic rings. The molecule has 0 aliphatic carbocycles. The van der Waals surface area contributed by atoms with Crippen molar-refractivity contribution in [3.05, 3.63) is 27.8 Å². The Morgan fingerprint density at radius 3 is 2.43 bits per heavy atom. The normalized spacial score (nSPS) is 10.0. The Bertz CT molecular complexity index is 599. The molecule has 1 aromatic carbocycles. The summed E-state index contributed by atoms with van der Waals surface area (Å²) in [6.45, 7) is 1.55. The fraction of sp³-hybridized carbons (Fsp3) is 0.429. The van der Waals surface area contributed by atoms with Crippen molar-refractivity contribution in [2.24, 2.45) is 0 Å². The van der Waals surface area contributed by atoms with Crippen molar-refractivity contribution in [1.29, 1.82) is 0 Å². The molecular formula is C14H17NO8. The zero-order valence-corrected chi connectivity index (χ0v) is 12.7. The number of ether oxygens (including phenoxy) is 3. The SMILES string of the molecule is CCOc1cc(CCC(=O)O)c([N+](=O)[O-])cc1OCC(=O)OC. The first-order valence-corrected chi connectivity index (χ1v) is 6.74. The molecule has 0 saturated carbocycles. The lowest BCUT2D eigenvalue weighted by Gasteiger charge is -2.13. The molecule has 9 nitrogen and oxygen atoms in total. The molecule has 23 heavy (non-hydrogen) atoms. The van der Waals surface area contributed by atoms with Gasteiger partial charge >= 0.3 is 11.9 Å². The Kier molecular flexibility index (Phi) is 6.78. The van der Waals surface area contributed by atoms with E-state index in [0.29, 0.717) is 0 Å². The van der Waals surface area contributed by atoms with Crippen molar-refractivity contribution in [2.75, 3.05) is 20.3 Å². The number of carbonyl (C=O) groups excluding carboxylic acids is 1. The van der Waals surface area contributed by atoms with E-state index >= 15 is 0 Å². The molecule has 1 N–H and O–H groups in total. The fourth-order valence-electron chi connectivity index (χ4n) is 1.78. The van der Waals surface area contributed by atoms with Gasteiger partial charge in [0.15, 0.2) is 18.1 Å². The first-order chi connectivity index (χ1) is 10.9. The monoisotopic (exact) mass is 327 g/mol. The topological polar surface area (TPSA) is 125 Å². The maximum Gasteiger partial charge on any atom is 0.343 e. The van der Waals surface area contributed by atoms with Crippen LogP contribution in [0, 0.1) is 10.1 Å². The molecule has 0 spiro atoms. The Morgan fingerprint density at radius 2 is 1.91 bits per heavy atom. The number of carbonyl (C=O) groups is 2. The number of aryl methyl sites for hydroxylation is 1. The van der Waals surface area contributed by atoms with Crippen LogP contribution in [-0.2, 0) is 20.7 Å². The lowest BCUT2D eigenvalue weighted by atomic mass is 10.1. The number of rotatable bonds is 9. The zero-order valence-electron chi connectivity index (χ0n) is 12.7. The van der Waals surface area contributed by atoms with Crippen LogP contribution in [-0.4, -0.2) is 42.3 Å². The van der Waals surface area contributed by atoms with Crippen LogP contribution in [0.2, 0.25) is 0 Å². The third-order valence-electron chi connectivity index (χ3n) is 2.82. The Labute approximate surface area is 131 Å². The first-order valence-electron chi connectivity index (χ1n) is 6.74. The minimum atomic E-state index is -1.07. The second-order valence-electron chi connectivity index (χ2n) is 4.38. The minimum Gasteiger partial charge on any atom is -0.490 e. The van der Waals surface area contributed by atoms with E-state index in [4.69, 9.17) is 14.6 Å². The number of carboxylic acid groups (broad SMARTS) is 1. The Balaban J connectivity index is 3.17. The van der Waals surface area contributed by atoms with Crippen molar-refractivity contribution in [3.63, 3.8) is 0 Å². The number of benzene rings is 1. The van der Waals surface area contributed by atoms with E-state index in [-0.39, 0.29) is 42.2 Å². The molecule has 0 radical (unpaired) electrons. The zero-order chi connectivity index (χ0) is 17.4. The smallest absolute Gasteiger partial charge is 0.343 e. The molecule has 0 bridgehead atoms. The number of methoxy groups -OCH3 is 1. The van der Waals surface area contributed by atoms with Gasteiger partial charge in [0.05, 0.1) is 24.7 Å². The van der Waals surface area contributed by atoms with Crippen LogP contribution >= 0.6 is 0 Å². The van der Waals surface area contributed by atoms with Crippen LogP contribution in [0.3, 0.4) is 0 Å². The van der Waals surface area contributed by atoms with Crippen molar-refractivity contribution in [2.45, 2.75) is 19.8 Å². The predicted octanol–water partition coefficient (Wildman–Crippen LogP) is 1.56. The van der Waals surface area contributed by atoms with Crippen LogP contribution < -0.4 is 9.47 Å². The van der Waals surface area contributed by atoms with E-state index in [0.717, 1.165) is 6.07 Å². The quantitative estimate of drug-likeness (QED) is 0.411. The molecule has 0 saturated heterocycles. The molecule has 1 rings (SSSR count). The van der Waals surface area contributed by atoms with Crippen LogP contribution in [0.4, 0.5) is 5.69 Å². The van der Waals surface area contributed by atoms with Gasteiger partial charge in [-0.15, -0.1) is 0 Å². The van der Waals surface area contributed by atoms with Crippen molar-refractivity contribution < 1.29 is 33.8 Å². The summed E-state index contributed by atoms with van der Waals surface area (Å²) in [5, 5.41) is 19.9. The summed E-state index contributed by atoms with van der Waals surface area (Å²) in [4.78, 5) is 32.3. The maximum atomic E-state index is 11.2. The summed E-state index contributed by atoms with van der Waals surface area (Å²) in [5.74, 6) is -1.50. The molecule has 0 unspecified atom stereocenters. The van der Waals surface area contributed by atoms with Gasteiger partial charge in [0, 0.05) is 12.0 Å². The number of aliphatic carboxylic acids is 1. The summed E-state index contributed by atoms with van der Waals surface area (Å²) in [6, 6.07) is 2.47. The number of esters is 1. The minimum absolute atomic E-state index is 0.0167. The highest BCUT2D eigenvalue weighted by atomic mass is 16.6. The summed E-state index contributed by atoms with van der Waals surface area (Å²) < 4.78 is 15.0. The maximum absolute atomic E-state index is 11.2. The van der Waals surface area contributed by atoms with Gasteiger partial charge < -0.3 is 19.3 Å². The van der Waals surface area contributed by atoms with Crippen molar-refractivity contribution in [3.8, 4) is 11.5 Å². The molecule has 0 amide bonds. The molecule has 0 heterocycles. The summed E-state index contributed by atoms with van der Waals surface area (Å²) in [7, 11) is 1.19. The van der Waals surface area contributed by atoms with Gasteiger partial charge in [0.25, 0.3) is 5.69 Å². The molecule has 0 aliphatic heterocycles. The fourth-order valence-corrected chi connectivity index (χ4v) is 1.78. The first kappa shape index (κ1) is 18.2. The van der Waals surface area contributed by atoms with E-state index in [1.165, 1.54) is 13.2 Å². The highest BCUT2D eigenvalue weighted by molar-refractivity contribution is 5.71. The lowest BCUT2D eigenvalue weighted by Crippen LogP contribution is -2.13.